The molecule has 2 rings (SSSR count). The van der Waals surface area contributed by atoms with E-state index < -0.39 is 59.8 Å². The van der Waals surface area contributed by atoms with Crippen molar-refractivity contribution in [2.75, 3.05) is 12.3 Å². The van der Waals surface area contributed by atoms with E-state index in [1.165, 1.54) is 12.1 Å². The molecule has 17 nitrogen and oxygen atoms in total. The molecule has 1 saturated heterocycles. The zero-order valence-electron chi connectivity index (χ0n) is 15.8. The molecule has 6 atom stereocenters. The standard InChI is InChI=1S/C12H20N3O14P3/c1-2-4-12(15-5-3-8(13)14-11(15)18)10(17)9(16)7(27-12)6-26-31(22,23)29-32(24,25)28-30(19,20)21/h2-3,5,7,9-10,16-17H,1,4,6H2,(H,22,23)(H,24,25)(H2,13,14,18)(H2,19,20,21)/t7-,9-,10-,12-/m1/s1. The molecule has 1 aliphatic heterocycles. The maximum Gasteiger partial charge on any atom is 0.490 e. The van der Waals surface area contributed by atoms with Crippen molar-refractivity contribution in [2.24, 2.45) is 0 Å². The van der Waals surface area contributed by atoms with E-state index in [1.54, 1.807) is 0 Å². The molecule has 2 heterocycles. The minimum atomic E-state index is -5.75. The molecular weight excluding hydrogens is 503 g/mol. The number of nitrogens with zero attached hydrogens (tertiary/aromatic N) is 2. The Bertz CT molecular complexity index is 1060. The lowest BCUT2D eigenvalue weighted by Crippen LogP contribution is -2.50. The highest BCUT2D eigenvalue weighted by atomic mass is 31.3. The summed E-state index contributed by atoms with van der Waals surface area (Å²) in [4.78, 5) is 51.4. The van der Waals surface area contributed by atoms with Crippen LogP contribution < -0.4 is 11.4 Å². The van der Waals surface area contributed by atoms with Crippen LogP contribution in [0.3, 0.4) is 0 Å². The Kier molecular flexibility index (Phi) is 8.02. The van der Waals surface area contributed by atoms with Gasteiger partial charge in [0.05, 0.1) is 6.61 Å². The van der Waals surface area contributed by atoms with Gasteiger partial charge in [-0.25, -0.2) is 18.5 Å². The van der Waals surface area contributed by atoms with Gasteiger partial charge in [0, 0.05) is 12.6 Å². The molecule has 0 bridgehead atoms. The fraction of sp³-hybridized carbons (Fsp3) is 0.500. The number of aromatic nitrogens is 2. The van der Waals surface area contributed by atoms with Crippen LogP contribution in [0.5, 0.6) is 0 Å². The van der Waals surface area contributed by atoms with Crippen LogP contribution in [-0.2, 0) is 37.3 Å². The maximum absolute atomic E-state index is 12.2. The van der Waals surface area contributed by atoms with E-state index >= 15 is 0 Å². The predicted molar refractivity (Wildman–Crippen MR) is 102 cm³/mol. The molecule has 0 radical (unpaired) electrons. The number of nitrogen functional groups attached to an aromatic ring is 1. The Hall–Kier alpha value is -1.29. The molecule has 1 aromatic rings. The first kappa shape index (κ1) is 27.0. The third-order valence-electron chi connectivity index (χ3n) is 4.01. The third-order valence-corrected chi connectivity index (χ3v) is 7.81. The largest absolute Gasteiger partial charge is 0.490 e. The SMILES string of the molecule is C=CC[C@@]1(n2ccc(N)nc2=O)O[C@H](COP(=O)(O)OP(=O)(O)OP(=O)(O)O)[C@@H](O)[C@H]1O. The van der Waals surface area contributed by atoms with E-state index in [2.05, 4.69) is 24.7 Å². The number of rotatable bonds is 10. The van der Waals surface area contributed by atoms with Gasteiger partial charge in [-0.15, -0.1) is 6.58 Å². The molecule has 0 aromatic carbocycles. The van der Waals surface area contributed by atoms with Gasteiger partial charge in [-0.05, 0) is 6.07 Å². The number of phosphoric acid groups is 3. The van der Waals surface area contributed by atoms with Crippen LogP contribution in [0, 0.1) is 0 Å². The van der Waals surface area contributed by atoms with Crippen LogP contribution >= 0.6 is 23.5 Å². The summed E-state index contributed by atoms with van der Waals surface area (Å²) in [7, 11) is -16.8. The molecular formula is C12H20N3O14P3. The molecule has 2 unspecified atom stereocenters. The van der Waals surface area contributed by atoms with Crippen molar-refractivity contribution in [1.82, 2.24) is 9.55 Å². The highest BCUT2D eigenvalue weighted by Crippen LogP contribution is 2.66. The fourth-order valence-electron chi connectivity index (χ4n) is 2.85. The highest BCUT2D eigenvalue weighted by Gasteiger charge is 2.56. The second-order valence-electron chi connectivity index (χ2n) is 6.32. The second-order valence-corrected chi connectivity index (χ2v) is 10.7. The van der Waals surface area contributed by atoms with Gasteiger partial charge in [0.25, 0.3) is 0 Å². The normalized spacial score (nSPS) is 29.9. The number of aliphatic hydroxyl groups is 2. The molecule has 0 aliphatic carbocycles. The van der Waals surface area contributed by atoms with Crippen molar-refractivity contribution in [1.29, 1.82) is 0 Å². The van der Waals surface area contributed by atoms with Gasteiger partial charge in [0.15, 0.2) is 5.72 Å². The van der Waals surface area contributed by atoms with Gasteiger partial charge in [0.2, 0.25) is 0 Å². The molecule has 32 heavy (non-hydrogen) atoms. The number of nitrogens with two attached hydrogens (primary N) is 1. The first-order valence-electron chi connectivity index (χ1n) is 8.31. The molecule has 1 fully saturated rings. The van der Waals surface area contributed by atoms with Crippen LogP contribution in [0.25, 0.3) is 0 Å². The van der Waals surface area contributed by atoms with E-state index in [1.807, 2.05) is 0 Å². The summed E-state index contributed by atoms with van der Waals surface area (Å²) in [6, 6.07) is 1.20. The van der Waals surface area contributed by atoms with Crippen molar-refractivity contribution >= 4 is 29.3 Å². The van der Waals surface area contributed by atoms with Crippen molar-refractivity contribution in [3.63, 3.8) is 0 Å². The van der Waals surface area contributed by atoms with Crippen molar-refractivity contribution in [3.05, 3.63) is 35.4 Å². The Morgan fingerprint density at radius 1 is 1.22 bits per heavy atom. The van der Waals surface area contributed by atoms with Crippen LogP contribution in [0.2, 0.25) is 0 Å². The highest BCUT2D eigenvalue weighted by molar-refractivity contribution is 7.66. The van der Waals surface area contributed by atoms with E-state index in [-0.39, 0.29) is 12.2 Å². The van der Waals surface area contributed by atoms with E-state index in [9.17, 15) is 33.6 Å². The summed E-state index contributed by atoms with van der Waals surface area (Å²) in [6.45, 7) is 2.42. The average Bonchev–Trinajstić information content (AvgIpc) is 2.83. The lowest BCUT2D eigenvalue weighted by atomic mass is 9.99. The molecule has 0 saturated carbocycles. The van der Waals surface area contributed by atoms with E-state index in [0.29, 0.717) is 0 Å². The quantitative estimate of drug-likeness (QED) is 0.136. The summed E-state index contributed by atoms with van der Waals surface area (Å²) in [5.74, 6) is -0.141. The molecule has 0 spiro atoms. The van der Waals surface area contributed by atoms with Crippen LogP contribution in [0.15, 0.2) is 29.7 Å². The van der Waals surface area contributed by atoms with Crippen LogP contribution in [0.1, 0.15) is 6.42 Å². The number of ether oxygens (including phenoxy) is 1. The van der Waals surface area contributed by atoms with Gasteiger partial charge in [0.1, 0.15) is 24.1 Å². The molecule has 1 aromatic heterocycles. The minimum Gasteiger partial charge on any atom is -0.387 e. The van der Waals surface area contributed by atoms with E-state index in [0.717, 1.165) is 10.8 Å². The summed E-state index contributed by atoms with van der Waals surface area (Å²) in [5, 5.41) is 20.9. The lowest BCUT2D eigenvalue weighted by Gasteiger charge is -2.32. The lowest BCUT2D eigenvalue weighted by molar-refractivity contribution is -0.147. The zero-order chi connectivity index (χ0) is 24.5. The molecule has 1 aliphatic rings. The first-order chi connectivity index (χ1) is 14.5. The van der Waals surface area contributed by atoms with Crippen molar-refractivity contribution < 1.29 is 61.4 Å². The Morgan fingerprint density at radius 3 is 2.38 bits per heavy atom. The predicted octanol–water partition coefficient (Wildman–Crippen LogP) is -1.48. The number of anilines is 1. The average molecular weight is 523 g/mol. The maximum atomic E-state index is 12.2. The summed E-state index contributed by atoms with van der Waals surface area (Å²) >= 11 is 0. The topological polar surface area (TPSA) is 270 Å². The molecule has 0 amide bonds. The Labute approximate surface area is 179 Å². The smallest absolute Gasteiger partial charge is 0.387 e. The number of aliphatic hydroxyl groups excluding tert-OH is 2. The Balaban J connectivity index is 2.22. The van der Waals surface area contributed by atoms with E-state index in [4.69, 9.17) is 25.2 Å². The number of hydrogen-bond donors (Lipinski definition) is 7. The Morgan fingerprint density at radius 2 is 1.84 bits per heavy atom. The monoisotopic (exact) mass is 523 g/mol. The molecule has 182 valence electrons. The van der Waals surface area contributed by atoms with Gasteiger partial charge in [-0.3, -0.25) is 9.09 Å². The number of phosphoric ester groups is 1. The first-order valence-corrected chi connectivity index (χ1v) is 12.8. The molecule has 20 heteroatoms. The van der Waals surface area contributed by atoms with Crippen LogP contribution in [0.4, 0.5) is 5.82 Å². The summed E-state index contributed by atoms with van der Waals surface area (Å²) < 4.78 is 51.8. The fourth-order valence-corrected chi connectivity index (χ4v) is 5.88. The summed E-state index contributed by atoms with van der Waals surface area (Å²) in [6.07, 6.45) is -3.16. The molecule has 8 N–H and O–H groups in total. The van der Waals surface area contributed by atoms with Gasteiger partial charge >= 0.3 is 29.2 Å². The van der Waals surface area contributed by atoms with Crippen LogP contribution in [-0.4, -0.2) is 64.3 Å². The summed E-state index contributed by atoms with van der Waals surface area (Å²) in [5.41, 5.74) is 2.48. The van der Waals surface area contributed by atoms with Crippen molar-refractivity contribution in [2.45, 2.75) is 30.5 Å². The zero-order valence-corrected chi connectivity index (χ0v) is 18.5. The number of hydrogen-bond acceptors (Lipinski definition) is 12. The van der Waals surface area contributed by atoms with Gasteiger partial charge < -0.3 is 40.3 Å². The third kappa shape index (κ3) is 6.40. The van der Waals surface area contributed by atoms with Gasteiger partial charge in [-0.1, -0.05) is 6.08 Å². The minimum absolute atomic E-state index is 0.141. The van der Waals surface area contributed by atoms with Gasteiger partial charge in [-0.2, -0.15) is 13.6 Å². The second kappa shape index (κ2) is 9.52. The van der Waals surface area contributed by atoms with Crippen molar-refractivity contribution in [3.8, 4) is 0 Å².